The molecule has 1 amide bonds. The molecule has 96 valence electrons. The topological polar surface area (TPSA) is 55.7 Å². The molecule has 19 heavy (non-hydrogen) atoms. The van der Waals surface area contributed by atoms with Gasteiger partial charge in [-0.3, -0.25) is 9.59 Å². The van der Waals surface area contributed by atoms with Gasteiger partial charge in [0.25, 0.3) is 5.91 Å². The van der Waals surface area contributed by atoms with Gasteiger partial charge in [-0.15, -0.1) is 0 Å². The lowest BCUT2D eigenvalue weighted by molar-refractivity contribution is -0.123. The second-order valence-corrected chi connectivity index (χ2v) is 5.17. The summed E-state index contributed by atoms with van der Waals surface area (Å²) in [5.74, 6) is -0.195. The van der Waals surface area contributed by atoms with Crippen LogP contribution in [0.1, 0.15) is 29.8 Å². The molecule has 1 aliphatic carbocycles. The third kappa shape index (κ3) is 1.37. The molecule has 1 aromatic rings. The van der Waals surface area contributed by atoms with E-state index in [9.17, 15) is 9.59 Å². The largest absolute Gasteiger partial charge is 0.492 e. The maximum Gasteiger partial charge on any atom is 0.256 e. The van der Waals surface area contributed by atoms with Gasteiger partial charge in [0.15, 0.2) is 5.76 Å². The summed E-state index contributed by atoms with van der Waals surface area (Å²) in [6.45, 7) is 3.53. The van der Waals surface area contributed by atoms with Crippen molar-refractivity contribution in [2.24, 2.45) is 10.4 Å². The van der Waals surface area contributed by atoms with Gasteiger partial charge in [-0.25, -0.2) is 4.99 Å². The Kier molecular flexibility index (Phi) is 2.26. The molecule has 0 saturated carbocycles. The van der Waals surface area contributed by atoms with E-state index in [0.29, 0.717) is 22.4 Å². The van der Waals surface area contributed by atoms with E-state index in [4.69, 9.17) is 4.74 Å². The van der Waals surface area contributed by atoms with Crippen molar-refractivity contribution in [3.05, 3.63) is 46.7 Å². The van der Waals surface area contributed by atoms with Gasteiger partial charge < -0.3 is 4.74 Å². The van der Waals surface area contributed by atoms with Crippen molar-refractivity contribution in [2.75, 3.05) is 7.11 Å². The van der Waals surface area contributed by atoms with E-state index in [1.807, 2.05) is 12.1 Å². The SMILES string of the molecule is COC1=C2C(=NC(=O)C2(C)C)c2ccccc2C1=O. The molecule has 0 radical (unpaired) electrons. The van der Waals surface area contributed by atoms with Crippen molar-refractivity contribution in [1.29, 1.82) is 0 Å². The fourth-order valence-corrected chi connectivity index (χ4v) is 2.60. The van der Waals surface area contributed by atoms with Crippen molar-refractivity contribution < 1.29 is 14.3 Å². The van der Waals surface area contributed by atoms with Gasteiger partial charge >= 0.3 is 0 Å². The van der Waals surface area contributed by atoms with E-state index < -0.39 is 5.41 Å². The quantitative estimate of drug-likeness (QED) is 0.772. The second-order valence-electron chi connectivity index (χ2n) is 5.17. The maximum absolute atomic E-state index is 12.4. The van der Waals surface area contributed by atoms with Crippen LogP contribution in [0.15, 0.2) is 40.6 Å². The molecule has 2 aliphatic rings. The molecule has 0 fully saturated rings. The first-order chi connectivity index (χ1) is 8.98. The number of allylic oxidation sites excluding steroid dienone is 1. The van der Waals surface area contributed by atoms with Crippen LogP contribution in [-0.4, -0.2) is 24.5 Å². The Morgan fingerprint density at radius 3 is 2.37 bits per heavy atom. The maximum atomic E-state index is 12.4. The van der Waals surface area contributed by atoms with Crippen LogP contribution in [0.4, 0.5) is 0 Å². The van der Waals surface area contributed by atoms with Crippen LogP contribution < -0.4 is 0 Å². The molecular weight excluding hydrogens is 242 g/mol. The number of ketones is 1. The summed E-state index contributed by atoms with van der Waals surface area (Å²) in [6, 6.07) is 7.16. The number of rotatable bonds is 1. The summed E-state index contributed by atoms with van der Waals surface area (Å²) in [4.78, 5) is 28.6. The smallest absolute Gasteiger partial charge is 0.256 e. The predicted molar refractivity (Wildman–Crippen MR) is 70.1 cm³/mol. The molecule has 1 aliphatic heterocycles. The van der Waals surface area contributed by atoms with Gasteiger partial charge in [0.1, 0.15) is 0 Å². The van der Waals surface area contributed by atoms with Gasteiger partial charge in [0, 0.05) is 16.7 Å². The molecule has 0 aromatic heterocycles. The van der Waals surface area contributed by atoms with Crippen LogP contribution in [0.3, 0.4) is 0 Å². The van der Waals surface area contributed by atoms with Gasteiger partial charge in [0.05, 0.1) is 18.2 Å². The zero-order valence-electron chi connectivity index (χ0n) is 11.0. The number of nitrogens with zero attached hydrogens (tertiary/aromatic N) is 1. The Hall–Kier alpha value is -2.23. The van der Waals surface area contributed by atoms with Crippen molar-refractivity contribution >= 4 is 17.4 Å². The number of hydrogen-bond acceptors (Lipinski definition) is 3. The first kappa shape index (κ1) is 11.8. The fraction of sp³-hybridized carbons (Fsp3) is 0.267. The summed E-state index contributed by atoms with van der Waals surface area (Å²) in [5, 5.41) is 0. The van der Waals surface area contributed by atoms with Crippen LogP contribution in [0.5, 0.6) is 0 Å². The summed E-state index contributed by atoms with van der Waals surface area (Å²) < 4.78 is 5.26. The highest BCUT2D eigenvalue weighted by Crippen LogP contribution is 2.42. The van der Waals surface area contributed by atoms with Gasteiger partial charge in [0.2, 0.25) is 5.78 Å². The minimum atomic E-state index is -0.816. The highest BCUT2D eigenvalue weighted by atomic mass is 16.5. The van der Waals surface area contributed by atoms with Crippen LogP contribution in [0.2, 0.25) is 0 Å². The Balaban J connectivity index is 2.38. The van der Waals surface area contributed by atoms with Gasteiger partial charge in [-0.2, -0.15) is 0 Å². The van der Waals surface area contributed by atoms with E-state index in [1.165, 1.54) is 7.11 Å². The molecule has 4 nitrogen and oxygen atoms in total. The minimum Gasteiger partial charge on any atom is -0.492 e. The number of aliphatic imine (C=N–C) groups is 1. The number of hydrogen-bond donors (Lipinski definition) is 0. The average molecular weight is 255 g/mol. The number of carbonyl (C=O) groups is 2. The summed E-state index contributed by atoms with van der Waals surface area (Å²) in [5.41, 5.74) is 1.60. The lowest BCUT2D eigenvalue weighted by Crippen LogP contribution is -2.29. The lowest BCUT2D eigenvalue weighted by Gasteiger charge is -2.25. The Bertz CT molecular complexity index is 680. The van der Waals surface area contributed by atoms with Crippen molar-refractivity contribution in [1.82, 2.24) is 0 Å². The van der Waals surface area contributed by atoms with E-state index in [1.54, 1.807) is 26.0 Å². The molecule has 3 rings (SSSR count). The fourth-order valence-electron chi connectivity index (χ4n) is 2.60. The van der Waals surface area contributed by atoms with Gasteiger partial charge in [-0.05, 0) is 13.8 Å². The molecule has 0 unspecified atom stereocenters. The Morgan fingerprint density at radius 1 is 1.11 bits per heavy atom. The Labute approximate surface area is 110 Å². The molecule has 1 aromatic carbocycles. The highest BCUT2D eigenvalue weighted by molar-refractivity contribution is 6.34. The van der Waals surface area contributed by atoms with Crippen LogP contribution >= 0.6 is 0 Å². The summed E-state index contributed by atoms with van der Waals surface area (Å²) >= 11 is 0. The van der Waals surface area contributed by atoms with Crippen LogP contribution in [0, 0.1) is 5.41 Å². The molecule has 4 heteroatoms. The van der Waals surface area contributed by atoms with E-state index in [-0.39, 0.29) is 17.4 Å². The Morgan fingerprint density at radius 2 is 1.74 bits per heavy atom. The number of benzene rings is 1. The molecule has 0 saturated heterocycles. The number of ether oxygens (including phenoxy) is 1. The molecule has 1 heterocycles. The second kappa shape index (κ2) is 3.63. The molecule has 0 atom stereocenters. The number of Topliss-reactive ketones (excluding diaryl/α,β-unsaturated/α-hetero) is 1. The predicted octanol–water partition coefficient (Wildman–Crippen LogP) is 2.14. The number of fused-ring (bicyclic) bond motifs is 3. The van der Waals surface area contributed by atoms with E-state index >= 15 is 0 Å². The summed E-state index contributed by atoms with van der Waals surface area (Å²) in [7, 11) is 1.45. The first-order valence-electron chi connectivity index (χ1n) is 6.05. The van der Waals surface area contributed by atoms with Crippen molar-refractivity contribution in [2.45, 2.75) is 13.8 Å². The summed E-state index contributed by atoms with van der Waals surface area (Å²) in [6.07, 6.45) is 0. The number of carbonyl (C=O) groups excluding carboxylic acids is 2. The van der Waals surface area contributed by atoms with Crippen molar-refractivity contribution in [3.8, 4) is 0 Å². The zero-order valence-corrected chi connectivity index (χ0v) is 11.0. The molecule has 0 spiro atoms. The average Bonchev–Trinajstić information content (AvgIpc) is 2.63. The normalized spacial score (nSPS) is 20.1. The standard InChI is InChI=1S/C15H13NO3/c1-15(2)10-11(16-14(15)18)8-6-4-5-7-9(8)12(17)13(10)19-3/h4-7H,1-3H3. The molecule has 0 bridgehead atoms. The van der Waals surface area contributed by atoms with E-state index in [0.717, 1.165) is 0 Å². The third-order valence-electron chi connectivity index (χ3n) is 3.67. The molecular formula is C15H13NO3. The van der Waals surface area contributed by atoms with E-state index in [2.05, 4.69) is 4.99 Å². The highest BCUT2D eigenvalue weighted by Gasteiger charge is 2.47. The van der Waals surface area contributed by atoms with Gasteiger partial charge in [-0.1, -0.05) is 24.3 Å². The van der Waals surface area contributed by atoms with Crippen LogP contribution in [-0.2, 0) is 9.53 Å². The van der Waals surface area contributed by atoms with Crippen molar-refractivity contribution in [3.63, 3.8) is 0 Å². The molecule has 0 N–H and O–H groups in total. The minimum absolute atomic E-state index is 0.185. The first-order valence-corrected chi connectivity index (χ1v) is 6.05. The lowest BCUT2D eigenvalue weighted by atomic mass is 9.76. The van der Waals surface area contributed by atoms with Crippen LogP contribution in [0.25, 0.3) is 0 Å². The monoisotopic (exact) mass is 255 g/mol. The number of methoxy groups -OCH3 is 1. The zero-order chi connectivity index (χ0) is 13.8. The number of amides is 1. The third-order valence-corrected chi connectivity index (χ3v) is 3.67.